The molecule has 0 unspecified atom stereocenters. The molecule has 4 nitrogen and oxygen atoms in total. The van der Waals surface area contributed by atoms with Crippen LogP contribution < -0.4 is 5.32 Å². The van der Waals surface area contributed by atoms with Crippen molar-refractivity contribution in [3.05, 3.63) is 11.8 Å². The molecule has 4 heteroatoms. The summed E-state index contributed by atoms with van der Waals surface area (Å²) in [6.07, 6.45) is 5.27. The second kappa shape index (κ2) is 3.87. The topological polar surface area (TPSA) is 51.0 Å². The highest BCUT2D eigenvalue weighted by molar-refractivity contribution is 4.81. The quantitative estimate of drug-likeness (QED) is 0.766. The van der Waals surface area contributed by atoms with Crippen LogP contribution in [0.1, 0.15) is 37.5 Å². The lowest BCUT2D eigenvalue weighted by atomic mass is 10.2. The SMILES string of the molecule is Cc1nnc(CNC2CCCC2)o1. The molecular weight excluding hydrogens is 166 g/mol. The summed E-state index contributed by atoms with van der Waals surface area (Å²) >= 11 is 0. The Labute approximate surface area is 77.7 Å². The standard InChI is InChI=1S/C9H15N3O/c1-7-11-12-9(13-7)6-10-8-4-2-3-5-8/h8,10H,2-6H2,1H3. The summed E-state index contributed by atoms with van der Waals surface area (Å²) in [4.78, 5) is 0. The Bertz CT molecular complexity index is 266. The normalized spacial score (nSPS) is 18.2. The van der Waals surface area contributed by atoms with Gasteiger partial charge in [-0.3, -0.25) is 0 Å². The third kappa shape index (κ3) is 2.28. The number of aryl methyl sites for hydroxylation is 1. The Hall–Kier alpha value is -0.900. The number of hydrogen-bond donors (Lipinski definition) is 1. The van der Waals surface area contributed by atoms with Gasteiger partial charge in [0, 0.05) is 13.0 Å². The van der Waals surface area contributed by atoms with Crippen molar-refractivity contribution in [1.82, 2.24) is 15.5 Å². The molecule has 0 saturated heterocycles. The molecule has 1 aromatic rings. The first-order valence-corrected chi connectivity index (χ1v) is 4.87. The molecule has 13 heavy (non-hydrogen) atoms. The van der Waals surface area contributed by atoms with Crippen LogP contribution in [0.15, 0.2) is 4.42 Å². The van der Waals surface area contributed by atoms with Crippen molar-refractivity contribution in [1.29, 1.82) is 0 Å². The monoisotopic (exact) mass is 181 g/mol. The average molecular weight is 181 g/mol. The number of nitrogens with one attached hydrogen (secondary N) is 1. The van der Waals surface area contributed by atoms with Crippen molar-refractivity contribution >= 4 is 0 Å². The van der Waals surface area contributed by atoms with Gasteiger partial charge in [-0.05, 0) is 12.8 Å². The first kappa shape index (κ1) is 8.69. The van der Waals surface area contributed by atoms with E-state index in [1.165, 1.54) is 25.7 Å². The highest BCUT2D eigenvalue weighted by atomic mass is 16.4. The van der Waals surface area contributed by atoms with E-state index in [4.69, 9.17) is 4.42 Å². The van der Waals surface area contributed by atoms with E-state index in [1.54, 1.807) is 0 Å². The molecule has 0 aromatic carbocycles. The van der Waals surface area contributed by atoms with E-state index in [0.29, 0.717) is 24.4 Å². The molecule has 0 spiro atoms. The predicted molar refractivity (Wildman–Crippen MR) is 48.1 cm³/mol. The molecule has 0 atom stereocenters. The van der Waals surface area contributed by atoms with E-state index >= 15 is 0 Å². The molecule has 1 saturated carbocycles. The van der Waals surface area contributed by atoms with Crippen molar-refractivity contribution < 1.29 is 4.42 Å². The summed E-state index contributed by atoms with van der Waals surface area (Å²) < 4.78 is 5.26. The molecule has 1 N–H and O–H groups in total. The van der Waals surface area contributed by atoms with E-state index in [0.717, 1.165) is 0 Å². The van der Waals surface area contributed by atoms with Gasteiger partial charge in [-0.15, -0.1) is 10.2 Å². The maximum atomic E-state index is 5.26. The van der Waals surface area contributed by atoms with Gasteiger partial charge in [-0.1, -0.05) is 12.8 Å². The zero-order valence-corrected chi connectivity index (χ0v) is 7.92. The van der Waals surface area contributed by atoms with E-state index in [-0.39, 0.29) is 0 Å². The molecule has 1 fully saturated rings. The fraction of sp³-hybridized carbons (Fsp3) is 0.778. The maximum Gasteiger partial charge on any atom is 0.230 e. The molecule has 1 aliphatic carbocycles. The van der Waals surface area contributed by atoms with Crippen molar-refractivity contribution in [3.63, 3.8) is 0 Å². The van der Waals surface area contributed by atoms with Gasteiger partial charge in [0.2, 0.25) is 11.8 Å². The lowest BCUT2D eigenvalue weighted by Gasteiger charge is -2.08. The molecule has 1 aromatic heterocycles. The van der Waals surface area contributed by atoms with Gasteiger partial charge in [0.1, 0.15) is 0 Å². The largest absolute Gasteiger partial charge is 0.424 e. The number of hydrogen-bond acceptors (Lipinski definition) is 4. The Morgan fingerprint density at radius 1 is 1.38 bits per heavy atom. The molecule has 1 heterocycles. The van der Waals surface area contributed by atoms with Crippen LogP contribution in [0.3, 0.4) is 0 Å². The molecular formula is C9H15N3O. The minimum absolute atomic E-state index is 0.642. The molecule has 72 valence electrons. The number of rotatable bonds is 3. The zero-order chi connectivity index (χ0) is 9.10. The molecule has 0 aliphatic heterocycles. The van der Waals surface area contributed by atoms with Crippen molar-refractivity contribution in [3.8, 4) is 0 Å². The third-order valence-corrected chi connectivity index (χ3v) is 2.47. The Kier molecular flexibility index (Phi) is 2.59. The molecule has 2 rings (SSSR count). The van der Waals surface area contributed by atoms with E-state index in [2.05, 4.69) is 15.5 Å². The van der Waals surface area contributed by atoms with Crippen LogP contribution in [0, 0.1) is 6.92 Å². The van der Waals surface area contributed by atoms with Crippen molar-refractivity contribution in [2.75, 3.05) is 0 Å². The fourth-order valence-electron chi connectivity index (χ4n) is 1.77. The molecule has 0 bridgehead atoms. The third-order valence-electron chi connectivity index (χ3n) is 2.47. The van der Waals surface area contributed by atoms with Gasteiger partial charge in [0.15, 0.2) is 0 Å². The van der Waals surface area contributed by atoms with Crippen LogP contribution in [0.4, 0.5) is 0 Å². The van der Waals surface area contributed by atoms with Crippen LogP contribution >= 0.6 is 0 Å². The van der Waals surface area contributed by atoms with Crippen molar-refractivity contribution in [2.24, 2.45) is 0 Å². The Morgan fingerprint density at radius 2 is 2.15 bits per heavy atom. The van der Waals surface area contributed by atoms with Crippen LogP contribution in [0.5, 0.6) is 0 Å². The predicted octanol–water partition coefficient (Wildman–Crippen LogP) is 1.41. The zero-order valence-electron chi connectivity index (χ0n) is 7.92. The first-order valence-electron chi connectivity index (χ1n) is 4.87. The van der Waals surface area contributed by atoms with Crippen molar-refractivity contribution in [2.45, 2.75) is 45.2 Å². The lowest BCUT2D eigenvalue weighted by Crippen LogP contribution is -2.25. The minimum Gasteiger partial charge on any atom is -0.424 e. The summed E-state index contributed by atoms with van der Waals surface area (Å²) in [6.45, 7) is 2.53. The second-order valence-electron chi connectivity index (χ2n) is 3.58. The summed E-state index contributed by atoms with van der Waals surface area (Å²) in [5, 5.41) is 11.1. The Balaban J connectivity index is 1.78. The number of aromatic nitrogens is 2. The number of nitrogens with zero attached hydrogens (tertiary/aromatic N) is 2. The summed E-state index contributed by atoms with van der Waals surface area (Å²) in [7, 11) is 0. The van der Waals surface area contributed by atoms with Gasteiger partial charge >= 0.3 is 0 Å². The van der Waals surface area contributed by atoms with Gasteiger partial charge < -0.3 is 9.73 Å². The van der Waals surface area contributed by atoms with E-state index in [1.807, 2.05) is 6.92 Å². The minimum atomic E-state index is 0.642. The van der Waals surface area contributed by atoms with E-state index < -0.39 is 0 Å². The second-order valence-corrected chi connectivity index (χ2v) is 3.58. The lowest BCUT2D eigenvalue weighted by molar-refractivity contribution is 0.421. The highest BCUT2D eigenvalue weighted by Gasteiger charge is 2.14. The molecule has 0 amide bonds. The van der Waals surface area contributed by atoms with Crippen LogP contribution in [-0.4, -0.2) is 16.2 Å². The van der Waals surface area contributed by atoms with Gasteiger partial charge in [-0.2, -0.15) is 0 Å². The van der Waals surface area contributed by atoms with Gasteiger partial charge in [0.05, 0.1) is 6.54 Å². The Morgan fingerprint density at radius 3 is 2.77 bits per heavy atom. The highest BCUT2D eigenvalue weighted by Crippen LogP contribution is 2.17. The summed E-state index contributed by atoms with van der Waals surface area (Å²) in [6, 6.07) is 0.659. The van der Waals surface area contributed by atoms with Crippen LogP contribution in [0.2, 0.25) is 0 Å². The average Bonchev–Trinajstić information content (AvgIpc) is 2.71. The molecule has 0 radical (unpaired) electrons. The van der Waals surface area contributed by atoms with E-state index in [9.17, 15) is 0 Å². The van der Waals surface area contributed by atoms with Crippen LogP contribution in [-0.2, 0) is 6.54 Å². The molecule has 1 aliphatic rings. The summed E-state index contributed by atoms with van der Waals surface area (Å²) in [5.74, 6) is 1.34. The smallest absolute Gasteiger partial charge is 0.230 e. The maximum absolute atomic E-state index is 5.26. The first-order chi connectivity index (χ1) is 6.34. The van der Waals surface area contributed by atoms with Gasteiger partial charge in [-0.25, -0.2) is 0 Å². The fourth-order valence-corrected chi connectivity index (χ4v) is 1.77. The summed E-state index contributed by atoms with van der Waals surface area (Å²) in [5.41, 5.74) is 0. The van der Waals surface area contributed by atoms with Crippen LogP contribution in [0.25, 0.3) is 0 Å². The van der Waals surface area contributed by atoms with Gasteiger partial charge in [0.25, 0.3) is 0 Å².